The Labute approximate surface area is 197 Å². The molecule has 7 nitrogen and oxygen atoms in total. The fraction of sp³-hybridized carbons (Fsp3) is 0.304. The molecule has 0 saturated heterocycles. The van der Waals surface area contributed by atoms with Crippen LogP contribution < -0.4 is 4.90 Å². The van der Waals surface area contributed by atoms with Gasteiger partial charge in [-0.1, -0.05) is 23.5 Å². The second-order valence-corrected chi connectivity index (χ2v) is 8.74. The van der Waals surface area contributed by atoms with E-state index in [1.807, 2.05) is 20.2 Å². The number of benzene rings is 2. The van der Waals surface area contributed by atoms with Gasteiger partial charge in [-0.05, 0) is 75.8 Å². The Morgan fingerprint density at radius 1 is 1.16 bits per heavy atom. The summed E-state index contributed by atoms with van der Waals surface area (Å²) in [5.41, 5.74) is 3.84. The monoisotopic (exact) mass is 474 g/mol. The number of nitro groups is 1. The first kappa shape index (κ1) is 25.5. The van der Waals surface area contributed by atoms with Gasteiger partial charge in [-0.3, -0.25) is 19.8 Å². The van der Waals surface area contributed by atoms with Crippen molar-refractivity contribution in [2.24, 2.45) is 0 Å². The van der Waals surface area contributed by atoms with Crippen LogP contribution in [0.15, 0.2) is 42.5 Å². The normalized spacial score (nSPS) is 11.2. The van der Waals surface area contributed by atoms with E-state index in [4.69, 9.17) is 4.98 Å². The number of non-ortho nitro benzene ring substituents is 1. The Kier molecular flexibility index (Phi) is 8.89. The van der Waals surface area contributed by atoms with Crippen LogP contribution in [0.1, 0.15) is 23.1 Å². The molecule has 32 heavy (non-hydrogen) atoms. The van der Waals surface area contributed by atoms with Crippen molar-refractivity contribution in [1.29, 1.82) is 0 Å². The lowest BCUT2D eigenvalue weighted by Crippen LogP contribution is -2.32. The molecule has 9 heteroatoms. The first-order chi connectivity index (χ1) is 14.7. The maximum Gasteiger partial charge on any atom is 0.270 e. The Balaban J connectivity index is 0.00000363. The zero-order valence-corrected chi connectivity index (χ0v) is 20.2. The van der Waals surface area contributed by atoms with Gasteiger partial charge >= 0.3 is 0 Å². The fourth-order valence-corrected chi connectivity index (χ4v) is 4.20. The van der Waals surface area contributed by atoms with E-state index in [9.17, 15) is 14.9 Å². The van der Waals surface area contributed by atoms with Crippen LogP contribution in [0.3, 0.4) is 0 Å². The number of amides is 1. The summed E-state index contributed by atoms with van der Waals surface area (Å²) in [6.45, 7) is 5.50. The number of carbonyl (C=O) groups is 1. The summed E-state index contributed by atoms with van der Waals surface area (Å²) in [5, 5.41) is 11.6. The van der Waals surface area contributed by atoms with Crippen LogP contribution in [-0.2, 0) is 4.79 Å². The summed E-state index contributed by atoms with van der Waals surface area (Å²) in [6.07, 6.45) is 3.87. The van der Waals surface area contributed by atoms with Gasteiger partial charge in [0, 0.05) is 24.8 Å². The number of hydrogen-bond donors (Lipinski definition) is 0. The molecule has 0 unspecified atom stereocenters. The molecule has 3 rings (SSSR count). The molecule has 2 aromatic carbocycles. The van der Waals surface area contributed by atoms with Crippen LogP contribution in [0, 0.1) is 24.0 Å². The van der Waals surface area contributed by atoms with E-state index in [1.165, 1.54) is 40.7 Å². The molecule has 0 fully saturated rings. The number of rotatable bonds is 8. The largest absolute Gasteiger partial charge is 0.309 e. The summed E-state index contributed by atoms with van der Waals surface area (Å²) in [6, 6.07) is 10.4. The highest BCUT2D eigenvalue weighted by Gasteiger charge is 2.18. The number of nitrogens with zero attached hydrogens (tertiary/aromatic N) is 4. The van der Waals surface area contributed by atoms with Gasteiger partial charge < -0.3 is 4.90 Å². The maximum absolute atomic E-state index is 13.1. The van der Waals surface area contributed by atoms with Crippen LogP contribution >= 0.6 is 23.7 Å². The standard InChI is InChI=1S/C23H26N4O3S.ClH/c1-16-13-20-21(14-17(16)2)31-23(24-20)26(12-6-11-25(3)4)22(28)10-9-18-7-5-8-19(15-18)27(29)30;/h5,7-10,13-15H,6,11-12H2,1-4H3;1H. The van der Waals surface area contributed by atoms with Crippen molar-refractivity contribution in [3.05, 3.63) is 69.3 Å². The van der Waals surface area contributed by atoms with Crippen molar-refractivity contribution in [3.63, 3.8) is 0 Å². The number of aryl methyl sites for hydroxylation is 2. The molecule has 1 aromatic heterocycles. The summed E-state index contributed by atoms with van der Waals surface area (Å²) in [7, 11) is 4.00. The first-order valence-electron chi connectivity index (χ1n) is 10.0. The highest BCUT2D eigenvalue weighted by Crippen LogP contribution is 2.31. The van der Waals surface area contributed by atoms with Crippen LogP contribution in [0.4, 0.5) is 10.8 Å². The minimum Gasteiger partial charge on any atom is -0.309 e. The summed E-state index contributed by atoms with van der Waals surface area (Å²) >= 11 is 1.50. The van der Waals surface area contributed by atoms with Gasteiger partial charge in [-0.15, -0.1) is 12.4 Å². The summed E-state index contributed by atoms with van der Waals surface area (Å²) < 4.78 is 1.05. The second-order valence-electron chi connectivity index (χ2n) is 7.73. The average Bonchev–Trinajstić information content (AvgIpc) is 3.11. The number of nitro benzene ring substituents is 1. The molecule has 0 aliphatic heterocycles. The molecule has 0 saturated carbocycles. The molecule has 0 bridgehead atoms. The molecule has 0 aliphatic rings. The molecular formula is C23H27ClN4O3S. The van der Waals surface area contributed by atoms with Gasteiger partial charge in [0.05, 0.1) is 15.1 Å². The number of fused-ring (bicyclic) bond motifs is 1. The van der Waals surface area contributed by atoms with Crippen LogP contribution in [0.25, 0.3) is 16.3 Å². The van der Waals surface area contributed by atoms with Gasteiger partial charge in [0.2, 0.25) is 0 Å². The number of anilines is 1. The molecule has 1 heterocycles. The van der Waals surface area contributed by atoms with E-state index in [2.05, 4.69) is 24.8 Å². The van der Waals surface area contributed by atoms with Gasteiger partial charge in [0.1, 0.15) is 0 Å². The number of carbonyl (C=O) groups excluding carboxylic acids is 1. The maximum atomic E-state index is 13.1. The zero-order valence-electron chi connectivity index (χ0n) is 18.6. The minimum absolute atomic E-state index is 0. The smallest absolute Gasteiger partial charge is 0.270 e. The third-order valence-electron chi connectivity index (χ3n) is 4.98. The molecule has 170 valence electrons. The van der Waals surface area contributed by atoms with Crippen LogP contribution in [0.5, 0.6) is 0 Å². The van der Waals surface area contributed by atoms with E-state index in [1.54, 1.807) is 23.1 Å². The van der Waals surface area contributed by atoms with Crippen molar-refractivity contribution >= 4 is 56.8 Å². The molecule has 3 aromatic rings. The van der Waals surface area contributed by atoms with Gasteiger partial charge in [0.15, 0.2) is 5.13 Å². The van der Waals surface area contributed by atoms with E-state index >= 15 is 0 Å². The van der Waals surface area contributed by atoms with Crippen LogP contribution in [0.2, 0.25) is 0 Å². The van der Waals surface area contributed by atoms with Gasteiger partial charge in [0.25, 0.3) is 11.6 Å². The molecule has 1 amide bonds. The molecule has 0 aliphatic carbocycles. The predicted molar refractivity (Wildman–Crippen MR) is 134 cm³/mol. The first-order valence-corrected chi connectivity index (χ1v) is 10.8. The van der Waals surface area contributed by atoms with Gasteiger partial charge in [-0.25, -0.2) is 4.98 Å². The minimum atomic E-state index is -0.447. The molecular weight excluding hydrogens is 448 g/mol. The van der Waals surface area contributed by atoms with E-state index < -0.39 is 4.92 Å². The van der Waals surface area contributed by atoms with Gasteiger partial charge in [-0.2, -0.15) is 0 Å². The SMILES string of the molecule is Cc1cc2nc(N(CCCN(C)C)C(=O)C=Cc3cccc([N+](=O)[O-])c3)sc2cc1C.Cl. The predicted octanol–water partition coefficient (Wildman–Crippen LogP) is 5.24. The van der Waals surface area contributed by atoms with E-state index in [-0.39, 0.29) is 24.0 Å². The summed E-state index contributed by atoms with van der Waals surface area (Å²) in [5.74, 6) is -0.197. The molecule has 0 spiro atoms. The van der Waals surface area contributed by atoms with E-state index in [0.29, 0.717) is 17.2 Å². The Morgan fingerprint density at radius 3 is 2.56 bits per heavy atom. The Bertz CT molecular complexity index is 1100. The molecule has 0 N–H and O–H groups in total. The van der Waals surface area contributed by atoms with Crippen molar-refractivity contribution in [2.75, 3.05) is 32.1 Å². The Hall–Kier alpha value is -2.81. The number of aromatic nitrogens is 1. The van der Waals surface area contributed by atoms with Crippen molar-refractivity contribution in [1.82, 2.24) is 9.88 Å². The van der Waals surface area contributed by atoms with Crippen molar-refractivity contribution < 1.29 is 9.72 Å². The quantitative estimate of drug-likeness (QED) is 0.253. The highest BCUT2D eigenvalue weighted by atomic mass is 35.5. The lowest BCUT2D eigenvalue weighted by molar-refractivity contribution is -0.384. The number of thiazole rings is 1. The van der Waals surface area contributed by atoms with E-state index in [0.717, 1.165) is 23.2 Å². The lowest BCUT2D eigenvalue weighted by Gasteiger charge is -2.19. The third-order valence-corrected chi connectivity index (χ3v) is 6.02. The number of hydrogen-bond acceptors (Lipinski definition) is 6. The average molecular weight is 475 g/mol. The highest BCUT2D eigenvalue weighted by molar-refractivity contribution is 7.22. The lowest BCUT2D eigenvalue weighted by atomic mass is 10.1. The van der Waals surface area contributed by atoms with Crippen molar-refractivity contribution in [3.8, 4) is 0 Å². The number of halogens is 1. The van der Waals surface area contributed by atoms with Crippen molar-refractivity contribution in [2.45, 2.75) is 20.3 Å². The Morgan fingerprint density at radius 2 is 1.88 bits per heavy atom. The van der Waals surface area contributed by atoms with Crippen LogP contribution in [-0.4, -0.2) is 47.9 Å². The molecule has 0 radical (unpaired) electrons. The third kappa shape index (κ3) is 6.35. The zero-order chi connectivity index (χ0) is 22.5. The second kappa shape index (κ2) is 11.2. The topological polar surface area (TPSA) is 79.6 Å². The molecule has 0 atom stereocenters. The fourth-order valence-electron chi connectivity index (χ4n) is 3.13. The summed E-state index contributed by atoms with van der Waals surface area (Å²) in [4.78, 5) is 32.1.